The van der Waals surface area contributed by atoms with Crippen molar-refractivity contribution in [3.63, 3.8) is 0 Å². The second kappa shape index (κ2) is 5.94. The molecule has 0 unspecified atom stereocenters. The van der Waals surface area contributed by atoms with Crippen LogP contribution in [0.25, 0.3) is 11.3 Å². The zero-order valence-corrected chi connectivity index (χ0v) is 12.8. The van der Waals surface area contributed by atoms with Gasteiger partial charge in [0, 0.05) is 16.9 Å². The van der Waals surface area contributed by atoms with Gasteiger partial charge < -0.3 is 10.1 Å². The molecule has 4 heteroatoms. The molecule has 1 aliphatic rings. The predicted octanol–water partition coefficient (Wildman–Crippen LogP) is 3.59. The Balaban J connectivity index is 1.84. The second-order valence-corrected chi connectivity index (χ2v) is 6.17. The Bertz CT molecular complexity index is 588. The number of aryl methyl sites for hydroxylation is 1. The lowest BCUT2D eigenvalue weighted by Crippen LogP contribution is -2.26. The molecule has 0 aliphatic carbocycles. The number of hydrogen-bond acceptors (Lipinski definition) is 4. The molecule has 2 heterocycles. The Morgan fingerprint density at radius 1 is 1.30 bits per heavy atom. The fraction of sp³-hybridized carbons (Fsp3) is 0.438. The summed E-state index contributed by atoms with van der Waals surface area (Å²) in [4.78, 5) is 4.85. The Morgan fingerprint density at radius 3 is 2.80 bits per heavy atom. The molecule has 1 fully saturated rings. The SMILES string of the molecule is COc1ccc(-c2csc(C3CCNCC3)n2)cc1C. The van der Waals surface area contributed by atoms with Crippen LogP contribution in [-0.4, -0.2) is 25.2 Å². The molecule has 0 atom stereocenters. The Labute approximate surface area is 124 Å². The second-order valence-electron chi connectivity index (χ2n) is 5.28. The van der Waals surface area contributed by atoms with Crippen molar-refractivity contribution in [1.82, 2.24) is 10.3 Å². The summed E-state index contributed by atoms with van der Waals surface area (Å²) in [6.45, 7) is 4.30. The van der Waals surface area contributed by atoms with Gasteiger partial charge in [0.1, 0.15) is 5.75 Å². The quantitative estimate of drug-likeness (QED) is 0.937. The third-order valence-electron chi connectivity index (χ3n) is 3.90. The average molecular weight is 288 g/mol. The minimum absolute atomic E-state index is 0.634. The largest absolute Gasteiger partial charge is 0.496 e. The highest BCUT2D eigenvalue weighted by Crippen LogP contribution is 2.32. The van der Waals surface area contributed by atoms with E-state index in [0.717, 1.165) is 30.1 Å². The van der Waals surface area contributed by atoms with Crippen LogP contribution in [-0.2, 0) is 0 Å². The van der Waals surface area contributed by atoms with Gasteiger partial charge in [0.25, 0.3) is 0 Å². The van der Waals surface area contributed by atoms with Crippen LogP contribution in [0.4, 0.5) is 0 Å². The summed E-state index contributed by atoms with van der Waals surface area (Å²) < 4.78 is 5.31. The summed E-state index contributed by atoms with van der Waals surface area (Å²) in [5.41, 5.74) is 3.43. The molecule has 1 aromatic heterocycles. The number of piperidine rings is 1. The zero-order chi connectivity index (χ0) is 13.9. The van der Waals surface area contributed by atoms with E-state index in [9.17, 15) is 0 Å². The monoisotopic (exact) mass is 288 g/mol. The van der Waals surface area contributed by atoms with Gasteiger partial charge in [0.2, 0.25) is 0 Å². The van der Waals surface area contributed by atoms with Crippen molar-refractivity contribution in [3.8, 4) is 17.0 Å². The highest BCUT2D eigenvalue weighted by atomic mass is 32.1. The summed E-state index contributed by atoms with van der Waals surface area (Å²) in [5, 5.41) is 6.87. The topological polar surface area (TPSA) is 34.1 Å². The van der Waals surface area contributed by atoms with Crippen molar-refractivity contribution in [2.24, 2.45) is 0 Å². The predicted molar refractivity (Wildman–Crippen MR) is 83.7 cm³/mol. The van der Waals surface area contributed by atoms with Crippen LogP contribution in [0.2, 0.25) is 0 Å². The maximum atomic E-state index is 5.31. The number of thiazole rings is 1. The van der Waals surface area contributed by atoms with Crippen molar-refractivity contribution in [2.75, 3.05) is 20.2 Å². The first kappa shape index (κ1) is 13.6. The number of hydrogen-bond donors (Lipinski definition) is 1. The maximum Gasteiger partial charge on any atom is 0.121 e. The first-order valence-electron chi connectivity index (χ1n) is 7.09. The molecule has 1 saturated heterocycles. The number of methoxy groups -OCH3 is 1. The molecule has 3 rings (SSSR count). The number of nitrogens with one attached hydrogen (secondary N) is 1. The van der Waals surface area contributed by atoms with Gasteiger partial charge >= 0.3 is 0 Å². The third-order valence-corrected chi connectivity index (χ3v) is 4.91. The summed E-state index contributed by atoms with van der Waals surface area (Å²) in [6, 6.07) is 6.27. The number of aromatic nitrogens is 1. The van der Waals surface area contributed by atoms with E-state index in [4.69, 9.17) is 9.72 Å². The smallest absolute Gasteiger partial charge is 0.121 e. The van der Waals surface area contributed by atoms with E-state index in [1.165, 1.54) is 23.4 Å². The van der Waals surface area contributed by atoms with Crippen LogP contribution in [0.5, 0.6) is 5.75 Å². The molecule has 1 aliphatic heterocycles. The Kier molecular flexibility index (Phi) is 4.03. The van der Waals surface area contributed by atoms with Gasteiger partial charge in [0.05, 0.1) is 17.8 Å². The van der Waals surface area contributed by atoms with Crippen molar-refractivity contribution < 1.29 is 4.74 Å². The van der Waals surface area contributed by atoms with E-state index < -0.39 is 0 Å². The minimum Gasteiger partial charge on any atom is -0.496 e. The van der Waals surface area contributed by atoms with E-state index in [0.29, 0.717) is 5.92 Å². The van der Waals surface area contributed by atoms with Gasteiger partial charge in [0.15, 0.2) is 0 Å². The van der Waals surface area contributed by atoms with Gasteiger partial charge in [-0.05, 0) is 56.6 Å². The van der Waals surface area contributed by atoms with E-state index >= 15 is 0 Å². The number of rotatable bonds is 3. The highest BCUT2D eigenvalue weighted by Gasteiger charge is 2.18. The molecule has 0 bridgehead atoms. The lowest BCUT2D eigenvalue weighted by molar-refractivity contribution is 0.412. The molecular weight excluding hydrogens is 268 g/mol. The molecular formula is C16H20N2OS. The van der Waals surface area contributed by atoms with Crippen LogP contribution in [0.3, 0.4) is 0 Å². The van der Waals surface area contributed by atoms with E-state index in [1.807, 2.05) is 6.07 Å². The zero-order valence-electron chi connectivity index (χ0n) is 12.0. The molecule has 20 heavy (non-hydrogen) atoms. The van der Waals surface area contributed by atoms with Crippen LogP contribution in [0.1, 0.15) is 29.3 Å². The lowest BCUT2D eigenvalue weighted by atomic mass is 9.99. The van der Waals surface area contributed by atoms with Gasteiger partial charge in [-0.25, -0.2) is 4.98 Å². The Morgan fingerprint density at radius 2 is 2.10 bits per heavy atom. The van der Waals surface area contributed by atoms with Crippen molar-refractivity contribution in [3.05, 3.63) is 34.2 Å². The fourth-order valence-corrected chi connectivity index (χ4v) is 3.71. The fourth-order valence-electron chi connectivity index (χ4n) is 2.71. The number of benzene rings is 1. The molecule has 106 valence electrons. The summed E-state index contributed by atoms with van der Waals surface area (Å²) in [7, 11) is 1.71. The van der Waals surface area contributed by atoms with E-state index in [2.05, 4.69) is 29.8 Å². The Hall–Kier alpha value is -1.39. The summed E-state index contributed by atoms with van der Waals surface area (Å²) >= 11 is 1.80. The molecule has 0 saturated carbocycles. The van der Waals surface area contributed by atoms with Crippen LogP contribution in [0, 0.1) is 6.92 Å². The molecule has 0 amide bonds. The van der Waals surface area contributed by atoms with E-state index in [-0.39, 0.29) is 0 Å². The molecule has 0 radical (unpaired) electrons. The first-order valence-corrected chi connectivity index (χ1v) is 7.97. The molecule has 0 spiro atoms. The summed E-state index contributed by atoms with van der Waals surface area (Å²) in [5.74, 6) is 1.57. The van der Waals surface area contributed by atoms with E-state index in [1.54, 1.807) is 18.4 Å². The van der Waals surface area contributed by atoms with Crippen LogP contribution >= 0.6 is 11.3 Å². The van der Waals surface area contributed by atoms with Crippen molar-refractivity contribution in [1.29, 1.82) is 0 Å². The molecule has 1 aromatic carbocycles. The first-order chi connectivity index (χ1) is 9.78. The van der Waals surface area contributed by atoms with Gasteiger partial charge in [-0.15, -0.1) is 11.3 Å². The summed E-state index contributed by atoms with van der Waals surface area (Å²) in [6.07, 6.45) is 2.41. The van der Waals surface area contributed by atoms with Crippen molar-refractivity contribution >= 4 is 11.3 Å². The minimum atomic E-state index is 0.634. The number of nitrogens with zero attached hydrogens (tertiary/aromatic N) is 1. The molecule has 1 N–H and O–H groups in total. The van der Waals surface area contributed by atoms with Crippen molar-refractivity contribution in [2.45, 2.75) is 25.7 Å². The van der Waals surface area contributed by atoms with Gasteiger partial charge in [-0.2, -0.15) is 0 Å². The highest BCUT2D eigenvalue weighted by molar-refractivity contribution is 7.10. The molecule has 2 aromatic rings. The van der Waals surface area contributed by atoms with Gasteiger partial charge in [-0.3, -0.25) is 0 Å². The normalized spacial score (nSPS) is 16.3. The average Bonchev–Trinajstić information content (AvgIpc) is 2.98. The maximum absolute atomic E-state index is 5.31. The lowest BCUT2D eigenvalue weighted by Gasteiger charge is -2.20. The van der Waals surface area contributed by atoms with Crippen LogP contribution < -0.4 is 10.1 Å². The third kappa shape index (κ3) is 2.72. The van der Waals surface area contributed by atoms with Crippen LogP contribution in [0.15, 0.2) is 23.6 Å². The standard InChI is InChI=1S/C16H20N2OS/c1-11-9-13(3-4-15(11)19-2)14-10-20-16(18-14)12-5-7-17-8-6-12/h3-4,9-10,12,17H,5-8H2,1-2H3. The van der Waals surface area contributed by atoms with Gasteiger partial charge in [-0.1, -0.05) is 0 Å². The molecule has 3 nitrogen and oxygen atoms in total. The number of ether oxygens (including phenoxy) is 1.